The number of anilines is 2. The first-order valence-corrected chi connectivity index (χ1v) is 10.6. The van der Waals surface area contributed by atoms with E-state index < -0.39 is 71.9 Å². The summed E-state index contributed by atoms with van der Waals surface area (Å²) in [7, 11) is 1.51. The molecule has 0 saturated carbocycles. The van der Waals surface area contributed by atoms with Gasteiger partial charge in [0.15, 0.2) is 11.5 Å². The molecule has 0 aliphatic rings. The summed E-state index contributed by atoms with van der Waals surface area (Å²) in [5, 5.41) is 40.1. The molecule has 0 aliphatic heterocycles. The van der Waals surface area contributed by atoms with Gasteiger partial charge >= 0.3 is 0 Å². The summed E-state index contributed by atoms with van der Waals surface area (Å²) in [5.41, 5.74) is -0.138. The summed E-state index contributed by atoms with van der Waals surface area (Å²) in [6.07, 6.45) is 0. The van der Waals surface area contributed by atoms with Gasteiger partial charge in [-0.1, -0.05) is 11.3 Å². The molecule has 0 amide bonds. The topological polar surface area (TPSA) is 195 Å². The average Bonchev–Trinajstić information content (AvgIpc) is 3.25. The second-order valence-corrected chi connectivity index (χ2v) is 8.44. The van der Waals surface area contributed by atoms with E-state index in [9.17, 15) is 39.6 Å². The van der Waals surface area contributed by atoms with Crippen molar-refractivity contribution < 1.29 is 25.2 Å². The number of nitrogens with zero attached hydrogens (tertiary/aromatic N) is 1. The third-order valence-electron chi connectivity index (χ3n) is 5.46. The lowest BCUT2D eigenvalue weighted by Crippen LogP contribution is -2.36. The number of fused-ring (bicyclic) bond motifs is 3. The van der Waals surface area contributed by atoms with E-state index >= 15 is 0 Å². The Morgan fingerprint density at radius 3 is 2.26 bits per heavy atom. The van der Waals surface area contributed by atoms with E-state index in [1.54, 1.807) is 18.2 Å². The number of benzene rings is 4. The zero-order valence-electron chi connectivity index (χ0n) is 17.5. The summed E-state index contributed by atoms with van der Waals surface area (Å²) >= 11 is 1.18. The highest BCUT2D eigenvalue weighted by atomic mass is 32.1. The molecular weight excluding hydrogens is 482 g/mol. The minimum Gasteiger partial charge on any atom is -0.507 e. The van der Waals surface area contributed by atoms with Crippen molar-refractivity contribution in [3.8, 4) is 28.7 Å². The number of methoxy groups -OCH3 is 1. The summed E-state index contributed by atoms with van der Waals surface area (Å²) < 4.78 is 5.91. The predicted octanol–water partition coefficient (Wildman–Crippen LogP) is 1.19. The van der Waals surface area contributed by atoms with Gasteiger partial charge in [-0.05, 0) is 18.2 Å². The smallest absolute Gasteiger partial charge is 0.273 e. The van der Waals surface area contributed by atoms with Crippen LogP contribution in [0.5, 0.6) is 28.7 Å². The maximum Gasteiger partial charge on any atom is 0.273 e. The number of nitrogens with one attached hydrogen (secondary N) is 2. The van der Waals surface area contributed by atoms with Crippen LogP contribution in [-0.2, 0) is 0 Å². The van der Waals surface area contributed by atoms with E-state index in [0.717, 1.165) is 4.70 Å². The Balaban J connectivity index is 1.75. The van der Waals surface area contributed by atoms with Crippen molar-refractivity contribution in [3.05, 3.63) is 65.2 Å². The summed E-state index contributed by atoms with van der Waals surface area (Å²) in [6, 6.07) is 5.80. The minimum absolute atomic E-state index is 0.269. The number of phenolic OH excluding ortho intramolecular Hbond substituents is 4. The molecule has 13 heteroatoms. The Kier molecular flexibility index (Phi) is 4.73. The number of ether oxygens (including phenoxy) is 1. The monoisotopic (exact) mass is 495 g/mol. The minimum atomic E-state index is -1.46. The second kappa shape index (κ2) is 7.56. The fourth-order valence-electron chi connectivity index (χ4n) is 3.79. The summed E-state index contributed by atoms with van der Waals surface area (Å²) in [6.45, 7) is 0. The molecule has 6 N–H and O–H groups in total. The number of rotatable bonds is 4. The molecule has 5 rings (SSSR count). The van der Waals surface area contributed by atoms with Gasteiger partial charge in [0.05, 0.1) is 33.5 Å². The van der Waals surface area contributed by atoms with Crippen LogP contribution >= 0.6 is 11.3 Å². The molecule has 1 heterocycles. The van der Waals surface area contributed by atoms with Crippen molar-refractivity contribution >= 4 is 53.9 Å². The number of phenols is 4. The Bertz CT molecular complexity index is 1920. The highest BCUT2D eigenvalue weighted by Gasteiger charge is 2.27. The van der Waals surface area contributed by atoms with Gasteiger partial charge in [0.1, 0.15) is 22.9 Å². The lowest BCUT2D eigenvalue weighted by molar-refractivity contribution is 0.415. The lowest BCUT2D eigenvalue weighted by Gasteiger charge is -2.16. The highest BCUT2D eigenvalue weighted by Crippen LogP contribution is 2.48. The molecule has 4 aromatic carbocycles. The van der Waals surface area contributed by atoms with Crippen LogP contribution in [0.4, 0.5) is 10.8 Å². The SMILES string of the molecule is COc1ccc2nc(NNc3c(O)c(=O)c(O)c4c(O)c5c(=O)c(=O)c(=O)cc5c(O)c34)sc2c1. The van der Waals surface area contributed by atoms with Crippen LogP contribution < -0.4 is 37.3 Å². The predicted molar refractivity (Wildman–Crippen MR) is 129 cm³/mol. The van der Waals surface area contributed by atoms with Crippen LogP contribution in [0.1, 0.15) is 0 Å². The van der Waals surface area contributed by atoms with Gasteiger partial charge in [0.25, 0.3) is 10.9 Å². The normalized spacial score (nSPS) is 11.3. The van der Waals surface area contributed by atoms with Crippen LogP contribution in [-0.4, -0.2) is 32.5 Å². The Hall–Kier alpha value is -4.91. The van der Waals surface area contributed by atoms with Crippen LogP contribution in [0.15, 0.2) is 43.4 Å². The van der Waals surface area contributed by atoms with Gasteiger partial charge in [-0.2, -0.15) is 0 Å². The van der Waals surface area contributed by atoms with E-state index in [2.05, 4.69) is 15.8 Å². The van der Waals surface area contributed by atoms with E-state index in [1.807, 2.05) is 0 Å². The fourth-order valence-corrected chi connectivity index (χ4v) is 4.64. The molecule has 0 fully saturated rings. The van der Waals surface area contributed by atoms with Crippen molar-refractivity contribution in [1.29, 1.82) is 0 Å². The third kappa shape index (κ3) is 3.09. The largest absolute Gasteiger partial charge is 0.507 e. The van der Waals surface area contributed by atoms with Crippen molar-refractivity contribution in [2.45, 2.75) is 0 Å². The van der Waals surface area contributed by atoms with Crippen LogP contribution in [0.2, 0.25) is 0 Å². The molecule has 12 nitrogen and oxygen atoms in total. The maximum absolute atomic E-state index is 12.5. The Morgan fingerprint density at radius 2 is 1.54 bits per heavy atom. The molecule has 5 aromatic rings. The number of hydrazine groups is 1. The molecule has 0 atom stereocenters. The highest BCUT2D eigenvalue weighted by molar-refractivity contribution is 7.22. The molecule has 0 spiro atoms. The van der Waals surface area contributed by atoms with Gasteiger partial charge in [-0.15, -0.1) is 0 Å². The molecule has 0 saturated heterocycles. The Labute approximate surface area is 196 Å². The van der Waals surface area contributed by atoms with Crippen molar-refractivity contribution in [2.75, 3.05) is 18.0 Å². The molecule has 0 bridgehead atoms. The second-order valence-electron chi connectivity index (χ2n) is 7.41. The first kappa shape index (κ1) is 21.9. The molecule has 0 unspecified atom stereocenters. The molecule has 176 valence electrons. The van der Waals surface area contributed by atoms with Gasteiger partial charge in [-0.3, -0.25) is 30.0 Å². The van der Waals surface area contributed by atoms with E-state index in [0.29, 0.717) is 17.3 Å². The zero-order valence-corrected chi connectivity index (χ0v) is 18.3. The van der Waals surface area contributed by atoms with Crippen molar-refractivity contribution in [3.63, 3.8) is 0 Å². The summed E-state index contributed by atoms with van der Waals surface area (Å²) in [4.78, 5) is 52.8. The number of hydrogen-bond donors (Lipinski definition) is 6. The van der Waals surface area contributed by atoms with Crippen molar-refractivity contribution in [2.24, 2.45) is 0 Å². The maximum atomic E-state index is 12.5. The molecule has 0 aliphatic carbocycles. The first-order valence-electron chi connectivity index (χ1n) is 9.74. The summed E-state index contributed by atoms with van der Waals surface area (Å²) in [5.74, 6) is -3.47. The van der Waals surface area contributed by atoms with Crippen LogP contribution in [0, 0.1) is 0 Å². The molecular formula is C22H13N3O9S. The third-order valence-corrected chi connectivity index (χ3v) is 6.39. The quantitative estimate of drug-likeness (QED) is 0.0686. The van der Waals surface area contributed by atoms with Crippen LogP contribution in [0.3, 0.4) is 0 Å². The standard InChI is InChI=1S/C22H13N3O9S/c1-34-6-2-3-8-10(4-6)35-22(23-8)25-24-14-12-13(19(31)21(33)20(14)32)17(29)11-7(15(12)27)5-9(26)16(28)18(11)30/h2-5,24,27,29,31-32H,1H3,(H,23,25). The molecule has 35 heavy (non-hydrogen) atoms. The molecule has 1 aromatic heterocycles. The number of aromatic nitrogens is 1. The van der Waals surface area contributed by atoms with Gasteiger partial charge in [-0.25, -0.2) is 4.98 Å². The van der Waals surface area contributed by atoms with E-state index in [4.69, 9.17) is 4.74 Å². The zero-order chi connectivity index (χ0) is 25.2. The lowest BCUT2D eigenvalue weighted by atomic mass is 9.97. The van der Waals surface area contributed by atoms with E-state index in [1.165, 1.54) is 18.4 Å². The molecule has 0 radical (unpaired) electrons. The van der Waals surface area contributed by atoms with Gasteiger partial charge in [0, 0.05) is 11.5 Å². The van der Waals surface area contributed by atoms with Gasteiger partial charge in [0.2, 0.25) is 16.0 Å². The number of hydrogen-bond acceptors (Lipinski definition) is 13. The van der Waals surface area contributed by atoms with Gasteiger partial charge < -0.3 is 25.2 Å². The van der Waals surface area contributed by atoms with E-state index in [-0.39, 0.29) is 5.13 Å². The first-order chi connectivity index (χ1) is 16.6. The average molecular weight is 495 g/mol. The number of aromatic hydroxyl groups is 4. The fraction of sp³-hybridized carbons (Fsp3) is 0.0455. The van der Waals surface area contributed by atoms with Crippen LogP contribution in [0.25, 0.3) is 31.8 Å². The number of thiazole rings is 1. The van der Waals surface area contributed by atoms with Crippen molar-refractivity contribution in [1.82, 2.24) is 4.98 Å². The Morgan fingerprint density at radius 1 is 0.800 bits per heavy atom.